The average molecular weight is 331 g/mol. The van der Waals surface area contributed by atoms with Crippen molar-refractivity contribution >= 4 is 11.8 Å². The van der Waals surface area contributed by atoms with Crippen LogP contribution in [0, 0.1) is 0 Å². The molecule has 1 aliphatic heterocycles. The third-order valence-corrected chi connectivity index (χ3v) is 4.38. The Morgan fingerprint density at radius 3 is 2.08 bits per heavy atom. The number of benzene rings is 1. The molecule has 2 amide bonds. The van der Waals surface area contributed by atoms with Gasteiger partial charge in [0.15, 0.2) is 0 Å². The van der Waals surface area contributed by atoms with Crippen LogP contribution in [0.15, 0.2) is 30.3 Å². The van der Waals surface area contributed by atoms with Gasteiger partial charge in [0.2, 0.25) is 5.91 Å². The number of carbonyl (C=O) groups is 2. The topological polar surface area (TPSA) is 43.9 Å². The van der Waals surface area contributed by atoms with Crippen molar-refractivity contribution in [1.29, 1.82) is 0 Å². The number of nitrogens with zero attached hydrogens (tertiary/aromatic N) is 3. The van der Waals surface area contributed by atoms with E-state index in [1.54, 1.807) is 0 Å². The highest BCUT2D eigenvalue weighted by molar-refractivity contribution is 5.94. The maximum atomic E-state index is 12.4. The van der Waals surface area contributed by atoms with Gasteiger partial charge in [-0.25, -0.2) is 0 Å². The van der Waals surface area contributed by atoms with Gasteiger partial charge in [0.25, 0.3) is 5.91 Å². The second-order valence-electron chi connectivity index (χ2n) is 6.32. The van der Waals surface area contributed by atoms with Gasteiger partial charge in [0, 0.05) is 44.8 Å². The Morgan fingerprint density at radius 1 is 0.958 bits per heavy atom. The van der Waals surface area contributed by atoms with E-state index in [-0.39, 0.29) is 11.8 Å². The van der Waals surface area contributed by atoms with Crippen molar-refractivity contribution in [2.75, 3.05) is 45.8 Å². The van der Waals surface area contributed by atoms with Crippen LogP contribution in [0.3, 0.4) is 0 Å². The molecule has 0 spiro atoms. The largest absolute Gasteiger partial charge is 0.342 e. The molecule has 1 aromatic carbocycles. The molecule has 0 aliphatic carbocycles. The first kappa shape index (κ1) is 18.5. The molecule has 0 bridgehead atoms. The van der Waals surface area contributed by atoms with E-state index < -0.39 is 0 Å². The Balaban J connectivity index is 1.82. The SMILES string of the molecule is CCCN(CCC)C(=O)CN1CCN(C(=O)c2ccccc2)CC1. The van der Waals surface area contributed by atoms with Crippen molar-refractivity contribution in [2.45, 2.75) is 26.7 Å². The Labute approximate surface area is 145 Å². The Bertz CT molecular complexity index is 519. The summed E-state index contributed by atoms with van der Waals surface area (Å²) >= 11 is 0. The monoisotopic (exact) mass is 331 g/mol. The van der Waals surface area contributed by atoms with Gasteiger partial charge in [-0.05, 0) is 25.0 Å². The van der Waals surface area contributed by atoms with Crippen molar-refractivity contribution in [1.82, 2.24) is 14.7 Å². The number of hydrogen-bond acceptors (Lipinski definition) is 3. The first-order valence-electron chi connectivity index (χ1n) is 9.00. The summed E-state index contributed by atoms with van der Waals surface area (Å²) in [6.07, 6.45) is 1.98. The molecule has 1 aliphatic rings. The van der Waals surface area contributed by atoms with Crippen LogP contribution in [-0.4, -0.2) is 72.3 Å². The smallest absolute Gasteiger partial charge is 0.253 e. The lowest BCUT2D eigenvalue weighted by atomic mass is 10.2. The molecule has 24 heavy (non-hydrogen) atoms. The summed E-state index contributed by atoms with van der Waals surface area (Å²) in [7, 11) is 0. The summed E-state index contributed by atoms with van der Waals surface area (Å²) in [4.78, 5) is 30.9. The van der Waals surface area contributed by atoms with E-state index in [9.17, 15) is 9.59 Å². The summed E-state index contributed by atoms with van der Waals surface area (Å²) in [5, 5.41) is 0. The van der Waals surface area contributed by atoms with Gasteiger partial charge < -0.3 is 9.80 Å². The molecule has 1 heterocycles. The van der Waals surface area contributed by atoms with Crippen LogP contribution in [0.25, 0.3) is 0 Å². The summed E-state index contributed by atoms with van der Waals surface area (Å²) in [6, 6.07) is 9.40. The van der Waals surface area contributed by atoms with Crippen molar-refractivity contribution in [2.24, 2.45) is 0 Å². The highest BCUT2D eigenvalue weighted by Gasteiger charge is 2.24. The molecule has 5 heteroatoms. The van der Waals surface area contributed by atoms with Crippen LogP contribution >= 0.6 is 0 Å². The van der Waals surface area contributed by atoms with E-state index in [0.717, 1.165) is 44.6 Å². The highest BCUT2D eigenvalue weighted by atomic mass is 16.2. The minimum Gasteiger partial charge on any atom is -0.342 e. The fourth-order valence-corrected chi connectivity index (χ4v) is 3.06. The lowest BCUT2D eigenvalue weighted by Crippen LogP contribution is -2.51. The fourth-order valence-electron chi connectivity index (χ4n) is 3.06. The first-order valence-corrected chi connectivity index (χ1v) is 9.00. The molecule has 0 aromatic heterocycles. The van der Waals surface area contributed by atoms with Crippen LogP contribution in [0.4, 0.5) is 0 Å². The second kappa shape index (κ2) is 9.42. The first-order chi connectivity index (χ1) is 11.7. The molecule has 1 fully saturated rings. The van der Waals surface area contributed by atoms with Gasteiger partial charge in [-0.2, -0.15) is 0 Å². The van der Waals surface area contributed by atoms with E-state index in [2.05, 4.69) is 18.7 Å². The van der Waals surface area contributed by atoms with E-state index in [0.29, 0.717) is 19.6 Å². The summed E-state index contributed by atoms with van der Waals surface area (Å²) in [6.45, 7) is 9.22. The normalized spacial score (nSPS) is 15.3. The molecule has 0 N–H and O–H groups in total. The Morgan fingerprint density at radius 2 is 1.54 bits per heavy atom. The van der Waals surface area contributed by atoms with Gasteiger partial charge >= 0.3 is 0 Å². The summed E-state index contributed by atoms with van der Waals surface area (Å²) < 4.78 is 0. The van der Waals surface area contributed by atoms with Crippen LogP contribution < -0.4 is 0 Å². The molecule has 1 aromatic rings. The number of carbonyl (C=O) groups excluding carboxylic acids is 2. The molecule has 1 saturated heterocycles. The zero-order valence-corrected chi connectivity index (χ0v) is 14.9. The Kier molecular flexibility index (Phi) is 7.25. The van der Waals surface area contributed by atoms with Gasteiger partial charge in [0.05, 0.1) is 6.54 Å². The molecular weight excluding hydrogens is 302 g/mol. The average Bonchev–Trinajstić information content (AvgIpc) is 2.62. The third-order valence-electron chi connectivity index (χ3n) is 4.38. The highest BCUT2D eigenvalue weighted by Crippen LogP contribution is 2.09. The van der Waals surface area contributed by atoms with Crippen LogP contribution in [0.5, 0.6) is 0 Å². The van der Waals surface area contributed by atoms with Crippen molar-refractivity contribution in [3.05, 3.63) is 35.9 Å². The molecule has 0 saturated carbocycles. The molecule has 0 unspecified atom stereocenters. The van der Waals surface area contributed by atoms with Crippen molar-refractivity contribution < 1.29 is 9.59 Å². The number of amides is 2. The third kappa shape index (κ3) is 5.06. The predicted molar refractivity (Wildman–Crippen MR) is 95.9 cm³/mol. The molecule has 0 radical (unpaired) electrons. The van der Waals surface area contributed by atoms with Gasteiger partial charge in [0.1, 0.15) is 0 Å². The standard InChI is InChI=1S/C19H29N3O2/c1-3-10-21(11-4-2)18(23)16-20-12-14-22(15-13-20)19(24)17-8-6-5-7-9-17/h5-9H,3-4,10-16H2,1-2H3. The maximum absolute atomic E-state index is 12.4. The molecule has 5 nitrogen and oxygen atoms in total. The van der Waals surface area contributed by atoms with Crippen LogP contribution in [-0.2, 0) is 4.79 Å². The minimum atomic E-state index is 0.0835. The zero-order chi connectivity index (χ0) is 17.4. The summed E-state index contributed by atoms with van der Waals surface area (Å²) in [5.74, 6) is 0.293. The van der Waals surface area contributed by atoms with Crippen LogP contribution in [0.2, 0.25) is 0 Å². The number of rotatable bonds is 7. The van der Waals surface area contributed by atoms with E-state index in [1.807, 2.05) is 40.1 Å². The molecular formula is C19H29N3O2. The van der Waals surface area contributed by atoms with Crippen LogP contribution in [0.1, 0.15) is 37.0 Å². The van der Waals surface area contributed by atoms with E-state index in [4.69, 9.17) is 0 Å². The molecule has 0 atom stereocenters. The lowest BCUT2D eigenvalue weighted by molar-refractivity contribution is -0.132. The lowest BCUT2D eigenvalue weighted by Gasteiger charge is -2.35. The van der Waals surface area contributed by atoms with Gasteiger partial charge in [-0.15, -0.1) is 0 Å². The predicted octanol–water partition coefficient (Wildman–Crippen LogP) is 2.09. The Hall–Kier alpha value is -1.88. The van der Waals surface area contributed by atoms with Crippen molar-refractivity contribution in [3.63, 3.8) is 0 Å². The fraction of sp³-hybridized carbons (Fsp3) is 0.579. The zero-order valence-electron chi connectivity index (χ0n) is 14.9. The van der Waals surface area contributed by atoms with Gasteiger partial charge in [-0.1, -0.05) is 32.0 Å². The second-order valence-corrected chi connectivity index (χ2v) is 6.32. The van der Waals surface area contributed by atoms with Gasteiger partial charge in [-0.3, -0.25) is 14.5 Å². The minimum absolute atomic E-state index is 0.0835. The quantitative estimate of drug-likeness (QED) is 0.768. The molecule has 132 valence electrons. The van der Waals surface area contributed by atoms with Crippen molar-refractivity contribution in [3.8, 4) is 0 Å². The molecule has 2 rings (SSSR count). The number of piperazine rings is 1. The van der Waals surface area contributed by atoms with E-state index >= 15 is 0 Å². The van der Waals surface area contributed by atoms with E-state index in [1.165, 1.54) is 0 Å². The summed E-state index contributed by atoms with van der Waals surface area (Å²) in [5.41, 5.74) is 0.735. The number of hydrogen-bond donors (Lipinski definition) is 0. The maximum Gasteiger partial charge on any atom is 0.253 e.